The van der Waals surface area contributed by atoms with Crippen LogP contribution in [0.15, 0.2) is 71.9 Å². The van der Waals surface area contributed by atoms with Crippen LogP contribution in [0, 0.1) is 5.92 Å². The number of hydrogen-bond acceptors (Lipinski definition) is 4. The molecule has 2 unspecified atom stereocenters. The Morgan fingerprint density at radius 3 is 2.41 bits per heavy atom. The molecule has 166 valence electrons. The van der Waals surface area contributed by atoms with Gasteiger partial charge in [0.2, 0.25) is 0 Å². The maximum absolute atomic E-state index is 5.72. The fourth-order valence-electron chi connectivity index (χ4n) is 4.44. The van der Waals surface area contributed by atoms with E-state index in [1.54, 1.807) is 20.3 Å². The van der Waals surface area contributed by atoms with Crippen molar-refractivity contribution in [2.45, 2.75) is 25.3 Å². The Bertz CT molecular complexity index is 1030. The van der Waals surface area contributed by atoms with Crippen LogP contribution in [0.1, 0.15) is 36.4 Å². The van der Waals surface area contributed by atoms with E-state index in [0.717, 1.165) is 42.0 Å². The standard InChI is InChI=1S/C26H29N3O2S/c1-4-16-27-26(32)29-25(19-10-14-22(31-3)15-11-19)23-7-5-6-20(24(23)28-29)17-18-8-12-21(30-2)13-9-18/h4,8-15,17,23,25H,1,5-7,16H2,2-3H3,(H,27,32). The number of hydrogen-bond donors (Lipinski definition) is 1. The Morgan fingerprint density at radius 2 is 1.78 bits per heavy atom. The third kappa shape index (κ3) is 4.55. The van der Waals surface area contributed by atoms with Crippen molar-refractivity contribution >= 4 is 29.1 Å². The van der Waals surface area contributed by atoms with Crippen LogP contribution >= 0.6 is 12.2 Å². The number of nitrogens with one attached hydrogen (secondary N) is 1. The molecule has 1 aliphatic carbocycles. The molecule has 0 aromatic heterocycles. The summed E-state index contributed by atoms with van der Waals surface area (Å²) in [5.41, 5.74) is 4.74. The molecule has 0 bridgehead atoms. The number of fused-ring (bicyclic) bond motifs is 1. The summed E-state index contributed by atoms with van der Waals surface area (Å²) in [5.74, 6) is 1.98. The molecule has 1 aliphatic heterocycles. The van der Waals surface area contributed by atoms with Gasteiger partial charge in [-0.2, -0.15) is 5.10 Å². The quantitative estimate of drug-likeness (QED) is 0.477. The molecule has 2 aromatic carbocycles. The summed E-state index contributed by atoms with van der Waals surface area (Å²) in [6.45, 7) is 4.40. The molecule has 2 aliphatic rings. The zero-order valence-electron chi connectivity index (χ0n) is 18.6. The van der Waals surface area contributed by atoms with Crippen molar-refractivity contribution in [2.24, 2.45) is 11.0 Å². The van der Waals surface area contributed by atoms with Crippen LogP contribution in [0.25, 0.3) is 6.08 Å². The Hall–Kier alpha value is -3.12. The normalized spacial score (nSPS) is 21.0. The second-order valence-corrected chi connectivity index (χ2v) is 8.35. The van der Waals surface area contributed by atoms with E-state index < -0.39 is 0 Å². The molecule has 32 heavy (non-hydrogen) atoms. The lowest BCUT2D eigenvalue weighted by Gasteiger charge is -2.30. The minimum Gasteiger partial charge on any atom is -0.497 e. The van der Waals surface area contributed by atoms with Crippen molar-refractivity contribution in [3.8, 4) is 11.5 Å². The minimum atomic E-state index is 0.0558. The minimum absolute atomic E-state index is 0.0558. The van der Waals surface area contributed by atoms with Gasteiger partial charge in [0.15, 0.2) is 5.11 Å². The average Bonchev–Trinajstić information content (AvgIpc) is 3.24. The molecule has 1 heterocycles. The molecular formula is C26H29N3O2S. The molecule has 1 N–H and O–H groups in total. The molecule has 6 heteroatoms. The van der Waals surface area contributed by atoms with Gasteiger partial charge in [-0.05, 0) is 78.5 Å². The summed E-state index contributed by atoms with van der Waals surface area (Å²) in [5, 5.41) is 10.9. The predicted molar refractivity (Wildman–Crippen MR) is 134 cm³/mol. The predicted octanol–water partition coefficient (Wildman–Crippen LogP) is 5.36. The molecular weight excluding hydrogens is 418 g/mol. The maximum atomic E-state index is 5.72. The first-order valence-electron chi connectivity index (χ1n) is 10.9. The third-order valence-electron chi connectivity index (χ3n) is 6.02. The molecule has 2 atom stereocenters. The van der Waals surface area contributed by atoms with Gasteiger partial charge in [-0.25, -0.2) is 5.01 Å². The van der Waals surface area contributed by atoms with E-state index >= 15 is 0 Å². The number of thiocarbonyl (C=S) groups is 1. The first kappa shape index (κ1) is 22.1. The van der Waals surface area contributed by atoms with Crippen molar-refractivity contribution in [3.05, 3.63) is 77.9 Å². The fraction of sp³-hybridized carbons (Fsp3) is 0.308. The Balaban J connectivity index is 1.69. The van der Waals surface area contributed by atoms with Gasteiger partial charge < -0.3 is 14.8 Å². The van der Waals surface area contributed by atoms with Crippen molar-refractivity contribution < 1.29 is 9.47 Å². The van der Waals surface area contributed by atoms with Crippen molar-refractivity contribution in [2.75, 3.05) is 20.8 Å². The van der Waals surface area contributed by atoms with Gasteiger partial charge in [-0.3, -0.25) is 0 Å². The average molecular weight is 448 g/mol. The molecule has 0 saturated heterocycles. The Morgan fingerprint density at radius 1 is 1.12 bits per heavy atom. The molecule has 1 fully saturated rings. The maximum Gasteiger partial charge on any atom is 0.190 e. The van der Waals surface area contributed by atoms with Crippen molar-refractivity contribution in [1.29, 1.82) is 0 Å². The third-order valence-corrected chi connectivity index (χ3v) is 6.35. The van der Waals surface area contributed by atoms with E-state index in [-0.39, 0.29) is 12.0 Å². The van der Waals surface area contributed by atoms with Crippen LogP contribution in [-0.2, 0) is 0 Å². The van der Waals surface area contributed by atoms with Crippen LogP contribution in [0.5, 0.6) is 11.5 Å². The van der Waals surface area contributed by atoms with Gasteiger partial charge in [0.25, 0.3) is 0 Å². The lowest BCUT2D eigenvalue weighted by atomic mass is 9.77. The van der Waals surface area contributed by atoms with Crippen molar-refractivity contribution in [3.63, 3.8) is 0 Å². The highest BCUT2D eigenvalue weighted by atomic mass is 32.1. The first-order chi connectivity index (χ1) is 15.6. The van der Waals surface area contributed by atoms with Gasteiger partial charge >= 0.3 is 0 Å². The van der Waals surface area contributed by atoms with E-state index in [9.17, 15) is 0 Å². The van der Waals surface area contributed by atoms with Gasteiger partial charge in [0.1, 0.15) is 11.5 Å². The van der Waals surface area contributed by atoms with Gasteiger partial charge in [-0.15, -0.1) is 6.58 Å². The van der Waals surface area contributed by atoms with Crippen molar-refractivity contribution in [1.82, 2.24) is 10.3 Å². The largest absolute Gasteiger partial charge is 0.497 e. The summed E-state index contributed by atoms with van der Waals surface area (Å²) in [4.78, 5) is 0. The van der Waals surface area contributed by atoms with Gasteiger partial charge in [-0.1, -0.05) is 30.3 Å². The van der Waals surface area contributed by atoms with Crippen LogP contribution in [0.2, 0.25) is 0 Å². The number of methoxy groups -OCH3 is 2. The van der Waals surface area contributed by atoms with E-state index in [4.69, 9.17) is 26.8 Å². The summed E-state index contributed by atoms with van der Waals surface area (Å²) >= 11 is 5.72. The van der Waals surface area contributed by atoms with Gasteiger partial charge in [0, 0.05) is 12.5 Å². The highest BCUT2D eigenvalue weighted by Gasteiger charge is 2.42. The molecule has 0 radical (unpaired) electrons. The summed E-state index contributed by atoms with van der Waals surface area (Å²) in [7, 11) is 3.37. The number of nitrogens with zero attached hydrogens (tertiary/aromatic N) is 2. The molecule has 2 aromatic rings. The molecule has 0 spiro atoms. The summed E-state index contributed by atoms with van der Waals surface area (Å²) < 4.78 is 10.6. The lowest BCUT2D eigenvalue weighted by molar-refractivity contribution is 0.300. The number of rotatable bonds is 6. The zero-order chi connectivity index (χ0) is 22.5. The molecule has 5 nitrogen and oxygen atoms in total. The second kappa shape index (κ2) is 10.0. The van der Waals surface area contributed by atoms with Crippen LogP contribution in [-0.4, -0.2) is 36.6 Å². The van der Waals surface area contributed by atoms with E-state index in [2.05, 4.69) is 42.2 Å². The Labute approximate surface area is 195 Å². The molecule has 4 rings (SSSR count). The first-order valence-corrected chi connectivity index (χ1v) is 11.3. The SMILES string of the molecule is C=CCNC(=S)N1N=C2C(=Cc3ccc(OC)cc3)CCCC2C1c1ccc(OC)cc1. The number of ether oxygens (including phenoxy) is 2. The summed E-state index contributed by atoms with van der Waals surface area (Å²) in [6, 6.07) is 16.4. The summed E-state index contributed by atoms with van der Waals surface area (Å²) in [6.07, 6.45) is 7.27. The molecule has 1 saturated carbocycles. The van der Waals surface area contributed by atoms with E-state index in [1.165, 1.54) is 11.1 Å². The van der Waals surface area contributed by atoms with Gasteiger partial charge in [0.05, 0.1) is 26.0 Å². The van der Waals surface area contributed by atoms with Crippen LogP contribution in [0.3, 0.4) is 0 Å². The highest BCUT2D eigenvalue weighted by Crippen LogP contribution is 2.44. The Kier molecular flexibility index (Phi) is 6.90. The van der Waals surface area contributed by atoms with E-state index in [0.29, 0.717) is 11.7 Å². The second-order valence-electron chi connectivity index (χ2n) is 7.96. The number of allylic oxidation sites excluding steroid dienone is 1. The fourth-order valence-corrected chi connectivity index (χ4v) is 4.68. The van der Waals surface area contributed by atoms with Crippen LogP contribution in [0.4, 0.5) is 0 Å². The van der Waals surface area contributed by atoms with Crippen LogP contribution < -0.4 is 14.8 Å². The zero-order valence-corrected chi connectivity index (χ0v) is 19.4. The number of benzene rings is 2. The lowest BCUT2D eigenvalue weighted by Crippen LogP contribution is -2.38. The molecule has 0 amide bonds. The smallest absolute Gasteiger partial charge is 0.190 e. The topological polar surface area (TPSA) is 46.1 Å². The van der Waals surface area contributed by atoms with E-state index in [1.807, 2.05) is 29.3 Å². The number of hydrazone groups is 1. The monoisotopic (exact) mass is 447 g/mol. The highest BCUT2D eigenvalue weighted by molar-refractivity contribution is 7.80.